The third-order valence-electron chi connectivity index (χ3n) is 3.45. The van der Waals surface area contributed by atoms with Crippen LogP contribution in [0.4, 0.5) is 5.69 Å². The van der Waals surface area contributed by atoms with Crippen LogP contribution in [-0.2, 0) is 4.79 Å². The van der Waals surface area contributed by atoms with Gasteiger partial charge in [-0.2, -0.15) is 0 Å². The lowest BCUT2D eigenvalue weighted by atomic mass is 10.1. The number of anilines is 1. The number of hydrogen-bond donors (Lipinski definition) is 2. The van der Waals surface area contributed by atoms with E-state index in [1.54, 1.807) is 42.5 Å². The van der Waals surface area contributed by atoms with Crippen molar-refractivity contribution in [2.45, 2.75) is 0 Å². The molecular weight excluding hydrogens is 322 g/mol. The van der Waals surface area contributed by atoms with E-state index in [1.165, 1.54) is 6.26 Å². The summed E-state index contributed by atoms with van der Waals surface area (Å²) in [5.41, 5.74) is 1.88. The molecule has 0 saturated heterocycles. The zero-order valence-electron chi connectivity index (χ0n) is 13.1. The summed E-state index contributed by atoms with van der Waals surface area (Å²) >= 11 is 0. The van der Waals surface area contributed by atoms with Gasteiger partial charge in [-0.3, -0.25) is 4.79 Å². The monoisotopic (exact) mass is 337 g/mol. The number of amides is 1. The van der Waals surface area contributed by atoms with E-state index in [2.05, 4.69) is 5.32 Å². The Morgan fingerprint density at radius 2 is 1.72 bits per heavy atom. The van der Waals surface area contributed by atoms with Gasteiger partial charge in [-0.1, -0.05) is 30.3 Å². The van der Waals surface area contributed by atoms with Gasteiger partial charge >= 0.3 is 5.97 Å². The Labute approximate surface area is 143 Å². The van der Waals surface area contributed by atoms with Crippen LogP contribution in [-0.4, -0.2) is 23.6 Å². The number of carboxylic acids is 1. The topological polar surface area (TPSA) is 88.8 Å². The van der Waals surface area contributed by atoms with Crippen molar-refractivity contribution in [3.63, 3.8) is 0 Å². The molecule has 6 nitrogen and oxygen atoms in total. The Bertz CT molecular complexity index is 868. The third kappa shape index (κ3) is 4.06. The molecule has 6 heteroatoms. The SMILES string of the molecule is O=C(COc1ccc(-c2ccoc2C(=O)O)cc1)Nc1ccccc1. The largest absolute Gasteiger partial charge is 0.484 e. The van der Waals surface area contributed by atoms with Gasteiger partial charge in [-0.05, 0) is 35.9 Å². The summed E-state index contributed by atoms with van der Waals surface area (Å²) in [4.78, 5) is 22.9. The molecule has 0 bridgehead atoms. The average Bonchev–Trinajstić information content (AvgIpc) is 3.11. The van der Waals surface area contributed by atoms with Crippen molar-refractivity contribution in [3.8, 4) is 16.9 Å². The number of carboxylic acid groups (broad SMARTS) is 1. The lowest BCUT2D eigenvalue weighted by Gasteiger charge is -2.08. The number of nitrogens with one attached hydrogen (secondary N) is 1. The molecule has 3 rings (SSSR count). The zero-order chi connectivity index (χ0) is 17.6. The number of ether oxygens (including phenoxy) is 1. The molecule has 0 spiro atoms. The van der Waals surface area contributed by atoms with Gasteiger partial charge in [0.15, 0.2) is 6.61 Å². The van der Waals surface area contributed by atoms with Crippen LogP contribution in [0.1, 0.15) is 10.6 Å². The lowest BCUT2D eigenvalue weighted by Crippen LogP contribution is -2.20. The first-order valence-electron chi connectivity index (χ1n) is 7.52. The Morgan fingerprint density at radius 1 is 1.00 bits per heavy atom. The molecule has 0 aliphatic carbocycles. The van der Waals surface area contributed by atoms with Crippen LogP contribution in [0.5, 0.6) is 5.75 Å². The molecule has 0 unspecified atom stereocenters. The molecule has 0 radical (unpaired) electrons. The van der Waals surface area contributed by atoms with Crippen molar-refractivity contribution in [3.05, 3.63) is 72.7 Å². The zero-order valence-corrected chi connectivity index (χ0v) is 13.1. The highest BCUT2D eigenvalue weighted by Gasteiger charge is 2.15. The Hall–Kier alpha value is -3.54. The van der Waals surface area contributed by atoms with Crippen LogP contribution in [0.25, 0.3) is 11.1 Å². The quantitative estimate of drug-likeness (QED) is 0.716. The van der Waals surface area contributed by atoms with Crippen molar-refractivity contribution >= 4 is 17.6 Å². The second kappa shape index (κ2) is 7.35. The highest BCUT2D eigenvalue weighted by Crippen LogP contribution is 2.26. The number of hydrogen-bond acceptors (Lipinski definition) is 4. The molecule has 126 valence electrons. The molecule has 25 heavy (non-hydrogen) atoms. The Balaban J connectivity index is 1.60. The standard InChI is InChI=1S/C19H15NO5/c21-17(20-14-4-2-1-3-5-14)12-25-15-8-6-13(7-9-15)16-10-11-24-18(16)19(22)23/h1-11H,12H2,(H,20,21)(H,22,23). The second-order valence-electron chi connectivity index (χ2n) is 5.20. The van der Waals surface area contributed by atoms with E-state index in [-0.39, 0.29) is 18.3 Å². The third-order valence-corrected chi connectivity index (χ3v) is 3.45. The van der Waals surface area contributed by atoms with E-state index in [4.69, 9.17) is 14.3 Å². The van der Waals surface area contributed by atoms with Crippen LogP contribution in [0.2, 0.25) is 0 Å². The number of furan rings is 1. The van der Waals surface area contributed by atoms with Crippen molar-refractivity contribution in [1.82, 2.24) is 0 Å². The normalized spacial score (nSPS) is 10.2. The molecule has 0 fully saturated rings. The predicted octanol–water partition coefficient (Wildman–Crippen LogP) is 3.66. The molecule has 1 aromatic heterocycles. The van der Waals surface area contributed by atoms with Crippen molar-refractivity contribution in [2.24, 2.45) is 0 Å². The fourth-order valence-corrected chi connectivity index (χ4v) is 2.30. The maximum absolute atomic E-state index is 11.8. The summed E-state index contributed by atoms with van der Waals surface area (Å²) in [6.45, 7) is -0.125. The van der Waals surface area contributed by atoms with E-state index < -0.39 is 5.97 Å². The smallest absolute Gasteiger partial charge is 0.372 e. The maximum atomic E-state index is 11.8. The fourth-order valence-electron chi connectivity index (χ4n) is 2.30. The van der Waals surface area contributed by atoms with E-state index in [9.17, 15) is 9.59 Å². The summed E-state index contributed by atoms with van der Waals surface area (Å²) in [6.07, 6.45) is 1.33. The lowest BCUT2D eigenvalue weighted by molar-refractivity contribution is -0.118. The van der Waals surface area contributed by atoms with Gasteiger partial charge in [0, 0.05) is 11.3 Å². The van der Waals surface area contributed by atoms with Crippen molar-refractivity contribution < 1.29 is 23.8 Å². The van der Waals surface area contributed by atoms with Gasteiger partial charge in [-0.25, -0.2) is 4.79 Å². The molecular formula is C19H15NO5. The number of carbonyl (C=O) groups is 2. The van der Waals surface area contributed by atoms with E-state index in [0.717, 1.165) is 0 Å². The summed E-state index contributed by atoms with van der Waals surface area (Å²) in [5.74, 6) is -1.00. The van der Waals surface area contributed by atoms with Gasteiger partial charge in [0.25, 0.3) is 5.91 Å². The summed E-state index contributed by atoms with van der Waals surface area (Å²) < 4.78 is 10.4. The minimum Gasteiger partial charge on any atom is -0.484 e. The Kier molecular flexibility index (Phi) is 4.80. The molecule has 2 N–H and O–H groups in total. The number of carbonyl (C=O) groups excluding carboxylic acids is 1. The van der Waals surface area contributed by atoms with Crippen LogP contribution >= 0.6 is 0 Å². The molecule has 1 amide bonds. The van der Waals surface area contributed by atoms with Crippen LogP contribution in [0.3, 0.4) is 0 Å². The van der Waals surface area contributed by atoms with E-state index >= 15 is 0 Å². The summed E-state index contributed by atoms with van der Waals surface area (Å²) in [7, 11) is 0. The second-order valence-corrected chi connectivity index (χ2v) is 5.20. The first kappa shape index (κ1) is 16.3. The van der Waals surface area contributed by atoms with E-state index in [1.807, 2.05) is 18.2 Å². The number of aromatic carboxylic acids is 1. The van der Waals surface area contributed by atoms with E-state index in [0.29, 0.717) is 22.6 Å². The minimum atomic E-state index is -1.13. The molecule has 3 aromatic rings. The van der Waals surface area contributed by atoms with Crippen LogP contribution in [0.15, 0.2) is 71.3 Å². The summed E-state index contributed by atoms with van der Waals surface area (Å²) in [6, 6.07) is 17.5. The highest BCUT2D eigenvalue weighted by molar-refractivity contribution is 5.93. The predicted molar refractivity (Wildman–Crippen MR) is 91.7 cm³/mol. The Morgan fingerprint density at radius 3 is 2.40 bits per heavy atom. The molecule has 0 aliphatic rings. The molecule has 0 aliphatic heterocycles. The minimum absolute atomic E-state index is 0.115. The molecule has 0 saturated carbocycles. The van der Waals surface area contributed by atoms with Crippen molar-refractivity contribution in [2.75, 3.05) is 11.9 Å². The first-order chi connectivity index (χ1) is 12.1. The molecule has 1 heterocycles. The average molecular weight is 337 g/mol. The van der Waals surface area contributed by atoms with Gasteiger partial charge in [0.05, 0.1) is 6.26 Å². The first-order valence-corrected chi connectivity index (χ1v) is 7.52. The van der Waals surface area contributed by atoms with Crippen molar-refractivity contribution in [1.29, 1.82) is 0 Å². The van der Waals surface area contributed by atoms with Gasteiger partial charge in [0.1, 0.15) is 5.75 Å². The van der Waals surface area contributed by atoms with Crippen LogP contribution in [0, 0.1) is 0 Å². The fraction of sp³-hybridized carbons (Fsp3) is 0.0526. The summed E-state index contributed by atoms with van der Waals surface area (Å²) in [5, 5.41) is 11.8. The number of benzene rings is 2. The van der Waals surface area contributed by atoms with Gasteiger partial charge < -0.3 is 19.6 Å². The number of rotatable bonds is 6. The number of para-hydroxylation sites is 1. The molecule has 0 atom stereocenters. The highest BCUT2D eigenvalue weighted by atomic mass is 16.5. The van der Waals surface area contributed by atoms with Gasteiger partial charge in [-0.15, -0.1) is 0 Å². The van der Waals surface area contributed by atoms with Gasteiger partial charge in [0.2, 0.25) is 5.76 Å². The van der Waals surface area contributed by atoms with Crippen LogP contribution < -0.4 is 10.1 Å². The maximum Gasteiger partial charge on any atom is 0.372 e. The molecule has 2 aromatic carbocycles.